The zero-order chi connectivity index (χ0) is 20.2. The summed E-state index contributed by atoms with van der Waals surface area (Å²) in [5, 5.41) is 0. The number of nitrogens with zero attached hydrogens (tertiary/aromatic N) is 2. The van der Waals surface area contributed by atoms with Gasteiger partial charge in [0.2, 0.25) is 0 Å². The maximum absolute atomic E-state index is 2.81. The van der Waals surface area contributed by atoms with Crippen LogP contribution in [0.1, 0.15) is 98.3 Å². The second-order valence-electron chi connectivity index (χ2n) is 9.69. The fourth-order valence-corrected chi connectivity index (χ4v) is 5.48. The molecule has 28 heavy (non-hydrogen) atoms. The average Bonchev–Trinajstić information content (AvgIpc) is 2.73. The highest BCUT2D eigenvalue weighted by molar-refractivity contribution is 5.13. The molecule has 0 aliphatic carbocycles. The largest absolute Gasteiger partial charge is 0.303 e. The van der Waals surface area contributed by atoms with Crippen LogP contribution in [0.4, 0.5) is 0 Å². The molecule has 0 saturated carbocycles. The standard InChI is InChI=1S/C26H50N2/c1-5-9-13-23-19-25(22-28(20-23)17-12-8-4)26-15-18-27(16-11-7-3)21-24(26)14-10-6-2/h19,24-26H,5-18,20-22H2,1-4H3/t24-,25+,26-/m1/s1. The molecule has 0 bridgehead atoms. The predicted molar refractivity (Wildman–Crippen MR) is 125 cm³/mol. The molecule has 0 spiro atoms. The number of unbranched alkanes of at least 4 members (excludes halogenated alkanes) is 4. The Morgan fingerprint density at radius 1 is 0.821 bits per heavy atom. The van der Waals surface area contributed by atoms with E-state index in [-0.39, 0.29) is 0 Å². The molecule has 2 heteroatoms. The Morgan fingerprint density at radius 2 is 1.50 bits per heavy atom. The van der Waals surface area contributed by atoms with Gasteiger partial charge >= 0.3 is 0 Å². The Hall–Kier alpha value is -0.340. The predicted octanol–water partition coefficient (Wildman–Crippen LogP) is 6.76. The van der Waals surface area contributed by atoms with Crippen LogP contribution in [0.3, 0.4) is 0 Å². The van der Waals surface area contributed by atoms with Gasteiger partial charge in [-0.1, -0.05) is 71.4 Å². The van der Waals surface area contributed by atoms with Crippen LogP contribution in [0.25, 0.3) is 0 Å². The van der Waals surface area contributed by atoms with E-state index in [9.17, 15) is 0 Å². The van der Waals surface area contributed by atoms with Crippen molar-refractivity contribution in [1.29, 1.82) is 0 Å². The van der Waals surface area contributed by atoms with Crippen LogP contribution < -0.4 is 0 Å². The quantitative estimate of drug-likeness (QED) is 0.320. The lowest BCUT2D eigenvalue weighted by atomic mass is 9.72. The molecule has 0 N–H and O–H groups in total. The van der Waals surface area contributed by atoms with Crippen molar-refractivity contribution >= 4 is 0 Å². The minimum Gasteiger partial charge on any atom is -0.303 e. The molecule has 0 aromatic carbocycles. The highest BCUT2D eigenvalue weighted by atomic mass is 15.1. The van der Waals surface area contributed by atoms with E-state index in [1.165, 1.54) is 110 Å². The summed E-state index contributed by atoms with van der Waals surface area (Å²) < 4.78 is 0. The fourth-order valence-electron chi connectivity index (χ4n) is 5.48. The van der Waals surface area contributed by atoms with E-state index in [0.29, 0.717) is 0 Å². The van der Waals surface area contributed by atoms with Crippen molar-refractivity contribution in [3.05, 3.63) is 11.6 Å². The molecule has 0 radical (unpaired) electrons. The molecular formula is C26H50N2. The Bertz CT molecular complexity index is 430. The molecule has 2 rings (SSSR count). The lowest BCUT2D eigenvalue weighted by molar-refractivity contribution is 0.0695. The van der Waals surface area contributed by atoms with E-state index in [1.807, 2.05) is 0 Å². The van der Waals surface area contributed by atoms with Crippen molar-refractivity contribution in [2.75, 3.05) is 39.3 Å². The van der Waals surface area contributed by atoms with Gasteiger partial charge in [-0.2, -0.15) is 0 Å². The maximum Gasteiger partial charge on any atom is 0.0193 e. The summed E-state index contributed by atoms with van der Waals surface area (Å²) in [6.07, 6.45) is 17.8. The van der Waals surface area contributed by atoms with Gasteiger partial charge in [0.15, 0.2) is 0 Å². The van der Waals surface area contributed by atoms with Gasteiger partial charge < -0.3 is 4.90 Å². The van der Waals surface area contributed by atoms with Crippen LogP contribution in [0.5, 0.6) is 0 Å². The van der Waals surface area contributed by atoms with Crippen molar-refractivity contribution in [3.63, 3.8) is 0 Å². The lowest BCUT2D eigenvalue weighted by Gasteiger charge is -2.45. The zero-order valence-electron chi connectivity index (χ0n) is 19.7. The number of rotatable bonds is 13. The molecule has 2 aliphatic rings. The first kappa shape index (κ1) is 23.9. The minimum absolute atomic E-state index is 0.813. The van der Waals surface area contributed by atoms with Crippen LogP contribution in [0.2, 0.25) is 0 Å². The SMILES string of the molecule is CCCCC1=C[C@H]([C@@H]2CCN(CCCC)C[C@H]2CCCC)CN(CCCC)C1. The van der Waals surface area contributed by atoms with Crippen LogP contribution in [-0.4, -0.2) is 49.1 Å². The van der Waals surface area contributed by atoms with Gasteiger partial charge in [0.05, 0.1) is 0 Å². The number of likely N-dealkylation sites (tertiary alicyclic amines) is 1. The fraction of sp³-hybridized carbons (Fsp3) is 0.923. The second kappa shape index (κ2) is 13.8. The van der Waals surface area contributed by atoms with Crippen LogP contribution in [0.15, 0.2) is 11.6 Å². The van der Waals surface area contributed by atoms with Gasteiger partial charge in [0, 0.05) is 19.6 Å². The van der Waals surface area contributed by atoms with Crippen LogP contribution >= 0.6 is 0 Å². The summed E-state index contributed by atoms with van der Waals surface area (Å²) in [6, 6.07) is 0. The van der Waals surface area contributed by atoms with Gasteiger partial charge in [-0.3, -0.25) is 4.90 Å². The molecule has 3 atom stereocenters. The summed E-state index contributed by atoms with van der Waals surface area (Å²) in [6.45, 7) is 17.3. The molecule has 1 saturated heterocycles. The highest BCUT2D eigenvalue weighted by Gasteiger charge is 2.35. The number of hydrogen-bond acceptors (Lipinski definition) is 2. The third kappa shape index (κ3) is 7.82. The third-order valence-electron chi connectivity index (χ3n) is 7.21. The van der Waals surface area contributed by atoms with E-state index in [4.69, 9.17) is 0 Å². The van der Waals surface area contributed by atoms with Gasteiger partial charge in [-0.15, -0.1) is 0 Å². The van der Waals surface area contributed by atoms with Crippen LogP contribution in [-0.2, 0) is 0 Å². The van der Waals surface area contributed by atoms with Crippen molar-refractivity contribution in [2.45, 2.75) is 98.3 Å². The van der Waals surface area contributed by atoms with E-state index >= 15 is 0 Å². The summed E-state index contributed by atoms with van der Waals surface area (Å²) in [5.74, 6) is 2.66. The summed E-state index contributed by atoms with van der Waals surface area (Å²) in [4.78, 5) is 5.60. The van der Waals surface area contributed by atoms with Gasteiger partial charge in [0.1, 0.15) is 0 Å². The van der Waals surface area contributed by atoms with Crippen molar-refractivity contribution in [3.8, 4) is 0 Å². The molecule has 1 fully saturated rings. The summed E-state index contributed by atoms with van der Waals surface area (Å²) in [7, 11) is 0. The molecule has 0 amide bonds. The first-order valence-electron chi connectivity index (χ1n) is 12.9. The monoisotopic (exact) mass is 390 g/mol. The molecule has 2 nitrogen and oxygen atoms in total. The molecule has 0 aromatic rings. The maximum atomic E-state index is 2.81. The van der Waals surface area contributed by atoms with E-state index in [0.717, 1.165) is 17.8 Å². The first-order valence-corrected chi connectivity index (χ1v) is 12.9. The highest BCUT2D eigenvalue weighted by Crippen LogP contribution is 2.37. The van der Waals surface area contributed by atoms with Gasteiger partial charge in [-0.05, 0) is 75.9 Å². The van der Waals surface area contributed by atoms with Crippen molar-refractivity contribution in [2.24, 2.45) is 17.8 Å². The topological polar surface area (TPSA) is 6.48 Å². The summed E-state index contributed by atoms with van der Waals surface area (Å²) in [5.41, 5.74) is 1.76. The second-order valence-corrected chi connectivity index (χ2v) is 9.69. The Labute approximate surface area is 177 Å². The van der Waals surface area contributed by atoms with Gasteiger partial charge in [-0.25, -0.2) is 0 Å². The Balaban J connectivity index is 2.07. The molecule has 2 heterocycles. The number of piperidine rings is 1. The summed E-state index contributed by atoms with van der Waals surface area (Å²) >= 11 is 0. The molecule has 0 unspecified atom stereocenters. The van der Waals surface area contributed by atoms with Crippen molar-refractivity contribution in [1.82, 2.24) is 9.80 Å². The minimum atomic E-state index is 0.813. The molecule has 0 aromatic heterocycles. The van der Waals surface area contributed by atoms with E-state index < -0.39 is 0 Å². The number of hydrogen-bond donors (Lipinski definition) is 0. The van der Waals surface area contributed by atoms with Gasteiger partial charge in [0.25, 0.3) is 0 Å². The normalized spacial score (nSPS) is 27.1. The molecule has 2 aliphatic heterocycles. The first-order chi connectivity index (χ1) is 13.7. The van der Waals surface area contributed by atoms with E-state index in [2.05, 4.69) is 43.6 Å². The van der Waals surface area contributed by atoms with E-state index in [1.54, 1.807) is 5.57 Å². The Morgan fingerprint density at radius 3 is 2.18 bits per heavy atom. The lowest BCUT2D eigenvalue weighted by Crippen LogP contribution is -2.47. The van der Waals surface area contributed by atoms with Crippen LogP contribution in [0, 0.1) is 17.8 Å². The Kier molecular flexibility index (Phi) is 11.8. The zero-order valence-corrected chi connectivity index (χ0v) is 19.7. The molecule has 164 valence electrons. The molecular weight excluding hydrogens is 340 g/mol. The average molecular weight is 391 g/mol. The smallest absolute Gasteiger partial charge is 0.0193 e. The van der Waals surface area contributed by atoms with Crippen molar-refractivity contribution < 1.29 is 0 Å². The third-order valence-corrected chi connectivity index (χ3v) is 7.21.